The summed E-state index contributed by atoms with van der Waals surface area (Å²) in [5.74, 6) is 0.600. The maximum Gasteiger partial charge on any atom is 0.261 e. The zero-order valence-corrected chi connectivity index (χ0v) is 13.8. The Hall–Kier alpha value is -2.86. The van der Waals surface area contributed by atoms with Crippen LogP contribution < -0.4 is 9.46 Å². The third kappa shape index (κ3) is 3.55. The van der Waals surface area contributed by atoms with Crippen LogP contribution in [-0.2, 0) is 10.0 Å². The van der Waals surface area contributed by atoms with E-state index in [4.69, 9.17) is 4.74 Å². The number of pyridine rings is 1. The molecule has 3 aromatic rings. The molecule has 0 fully saturated rings. The van der Waals surface area contributed by atoms with E-state index in [1.807, 2.05) is 30.3 Å². The highest BCUT2D eigenvalue weighted by Crippen LogP contribution is 2.21. The average molecular weight is 340 g/mol. The highest BCUT2D eigenvalue weighted by atomic mass is 32.2. The molecule has 1 N–H and O–H groups in total. The second-order valence-corrected chi connectivity index (χ2v) is 6.76. The number of nitrogens with one attached hydrogen (secondary N) is 1. The van der Waals surface area contributed by atoms with Crippen molar-refractivity contribution in [2.75, 3.05) is 11.8 Å². The monoisotopic (exact) mass is 340 g/mol. The van der Waals surface area contributed by atoms with Gasteiger partial charge in [-0.1, -0.05) is 30.3 Å². The Morgan fingerprint density at radius 1 is 0.917 bits per heavy atom. The first-order valence-electron chi connectivity index (χ1n) is 7.27. The molecule has 0 amide bonds. The molecule has 0 unspecified atom stereocenters. The lowest BCUT2D eigenvalue weighted by Crippen LogP contribution is -2.13. The van der Waals surface area contributed by atoms with Crippen molar-refractivity contribution >= 4 is 15.7 Å². The number of aromatic nitrogens is 1. The van der Waals surface area contributed by atoms with Crippen molar-refractivity contribution in [3.63, 3.8) is 0 Å². The van der Waals surface area contributed by atoms with Crippen LogP contribution in [0.1, 0.15) is 0 Å². The number of anilines is 1. The number of benzene rings is 2. The number of hydrogen-bond donors (Lipinski definition) is 1. The van der Waals surface area contributed by atoms with Crippen LogP contribution in [-0.4, -0.2) is 20.5 Å². The Kier molecular flexibility index (Phi) is 4.48. The van der Waals surface area contributed by atoms with Gasteiger partial charge in [0.1, 0.15) is 5.75 Å². The third-order valence-corrected chi connectivity index (χ3v) is 4.85. The smallest absolute Gasteiger partial charge is 0.261 e. The first-order chi connectivity index (χ1) is 11.6. The number of sulfonamides is 1. The van der Waals surface area contributed by atoms with Crippen molar-refractivity contribution in [1.29, 1.82) is 0 Å². The Morgan fingerprint density at radius 3 is 2.21 bits per heavy atom. The molecule has 3 rings (SSSR count). The van der Waals surface area contributed by atoms with Gasteiger partial charge >= 0.3 is 0 Å². The normalized spacial score (nSPS) is 11.0. The van der Waals surface area contributed by atoms with Gasteiger partial charge in [0.2, 0.25) is 0 Å². The molecule has 6 heteroatoms. The lowest BCUT2D eigenvalue weighted by Gasteiger charge is -2.09. The number of rotatable bonds is 5. The largest absolute Gasteiger partial charge is 0.497 e. The summed E-state index contributed by atoms with van der Waals surface area (Å²) in [5, 5.41) is 0. The minimum Gasteiger partial charge on any atom is -0.497 e. The van der Waals surface area contributed by atoms with Crippen LogP contribution in [0.15, 0.2) is 77.8 Å². The van der Waals surface area contributed by atoms with Gasteiger partial charge in [-0.25, -0.2) is 8.42 Å². The van der Waals surface area contributed by atoms with Gasteiger partial charge < -0.3 is 4.74 Å². The molecule has 1 aromatic heterocycles. The second-order valence-electron chi connectivity index (χ2n) is 5.08. The quantitative estimate of drug-likeness (QED) is 0.771. The second kappa shape index (κ2) is 6.72. The lowest BCUT2D eigenvalue weighted by molar-refractivity contribution is 0.414. The maximum atomic E-state index is 12.4. The van der Waals surface area contributed by atoms with Crippen molar-refractivity contribution in [1.82, 2.24) is 4.98 Å². The number of methoxy groups -OCH3 is 1. The summed E-state index contributed by atoms with van der Waals surface area (Å²) in [4.78, 5) is 4.47. The molecule has 0 aliphatic heterocycles. The first kappa shape index (κ1) is 16.0. The molecular formula is C18H16N2O3S. The molecule has 5 nitrogen and oxygen atoms in total. The number of ether oxygens (including phenoxy) is 1. The molecule has 122 valence electrons. The zero-order chi connectivity index (χ0) is 17.0. The van der Waals surface area contributed by atoms with Gasteiger partial charge in [-0.05, 0) is 36.4 Å². The molecule has 0 saturated heterocycles. The van der Waals surface area contributed by atoms with Gasteiger partial charge in [-0.3, -0.25) is 9.71 Å². The Labute approximate surface area is 141 Å². The van der Waals surface area contributed by atoms with Gasteiger partial charge in [0.15, 0.2) is 0 Å². The van der Waals surface area contributed by atoms with E-state index in [0.29, 0.717) is 11.4 Å². The molecule has 0 spiro atoms. The van der Waals surface area contributed by atoms with Crippen molar-refractivity contribution in [2.45, 2.75) is 4.90 Å². The maximum absolute atomic E-state index is 12.4. The molecule has 24 heavy (non-hydrogen) atoms. The van der Waals surface area contributed by atoms with Gasteiger partial charge in [0.05, 0.1) is 29.6 Å². The highest BCUT2D eigenvalue weighted by Gasteiger charge is 2.14. The summed E-state index contributed by atoms with van der Waals surface area (Å²) in [6.07, 6.45) is 1.50. The Balaban J connectivity index is 1.79. The molecule has 0 bridgehead atoms. The zero-order valence-electron chi connectivity index (χ0n) is 13.0. The highest BCUT2D eigenvalue weighted by molar-refractivity contribution is 7.92. The van der Waals surface area contributed by atoms with Crippen LogP contribution in [0.3, 0.4) is 0 Å². The van der Waals surface area contributed by atoms with Crippen LogP contribution in [0.25, 0.3) is 11.3 Å². The third-order valence-electron chi connectivity index (χ3n) is 3.45. The predicted octanol–water partition coefficient (Wildman–Crippen LogP) is 3.56. The molecule has 0 aliphatic carbocycles. The van der Waals surface area contributed by atoms with Crippen LogP contribution in [0, 0.1) is 0 Å². The standard InChI is InChI=1S/C18H16N2O3S/c1-23-16-8-10-17(11-9-16)24(21,22)20-15-7-12-18(19-13-15)14-5-3-2-4-6-14/h2-13,20H,1H3. The minimum absolute atomic E-state index is 0.162. The summed E-state index contributed by atoms with van der Waals surface area (Å²) in [5.41, 5.74) is 2.16. The summed E-state index contributed by atoms with van der Waals surface area (Å²) >= 11 is 0. The van der Waals surface area contributed by atoms with Crippen LogP contribution in [0.2, 0.25) is 0 Å². The van der Waals surface area contributed by atoms with Crippen molar-refractivity contribution in [3.05, 3.63) is 72.9 Å². The van der Waals surface area contributed by atoms with Crippen molar-refractivity contribution in [2.24, 2.45) is 0 Å². The van der Waals surface area contributed by atoms with Gasteiger partial charge in [0, 0.05) is 5.56 Å². The summed E-state index contributed by atoms with van der Waals surface area (Å²) in [6, 6.07) is 19.3. The van der Waals surface area contributed by atoms with E-state index < -0.39 is 10.0 Å². The lowest BCUT2D eigenvalue weighted by atomic mass is 10.1. The predicted molar refractivity (Wildman–Crippen MR) is 93.5 cm³/mol. The van der Waals surface area contributed by atoms with E-state index in [0.717, 1.165) is 11.3 Å². The summed E-state index contributed by atoms with van der Waals surface area (Å²) in [6.45, 7) is 0. The van der Waals surface area contributed by atoms with E-state index in [9.17, 15) is 8.42 Å². The molecule has 0 radical (unpaired) electrons. The van der Waals surface area contributed by atoms with E-state index in [-0.39, 0.29) is 4.90 Å². The molecule has 2 aromatic carbocycles. The molecule has 0 atom stereocenters. The number of hydrogen-bond acceptors (Lipinski definition) is 4. The van der Waals surface area contributed by atoms with E-state index >= 15 is 0 Å². The minimum atomic E-state index is -3.66. The molecular weight excluding hydrogens is 324 g/mol. The van der Waals surface area contributed by atoms with Gasteiger partial charge in [0.25, 0.3) is 10.0 Å². The van der Waals surface area contributed by atoms with Crippen LogP contribution >= 0.6 is 0 Å². The van der Waals surface area contributed by atoms with E-state index in [1.54, 1.807) is 24.3 Å². The fraction of sp³-hybridized carbons (Fsp3) is 0.0556. The topological polar surface area (TPSA) is 68.3 Å². The van der Waals surface area contributed by atoms with Crippen LogP contribution in [0.5, 0.6) is 5.75 Å². The Bertz CT molecular complexity index is 907. The van der Waals surface area contributed by atoms with Crippen LogP contribution in [0.4, 0.5) is 5.69 Å². The SMILES string of the molecule is COc1ccc(S(=O)(=O)Nc2ccc(-c3ccccc3)nc2)cc1. The molecule has 0 saturated carbocycles. The fourth-order valence-corrected chi connectivity index (χ4v) is 3.25. The fourth-order valence-electron chi connectivity index (χ4n) is 2.20. The van der Waals surface area contributed by atoms with E-state index in [1.165, 1.54) is 25.4 Å². The summed E-state index contributed by atoms with van der Waals surface area (Å²) < 4.78 is 32.3. The first-order valence-corrected chi connectivity index (χ1v) is 8.75. The average Bonchev–Trinajstić information content (AvgIpc) is 2.63. The van der Waals surface area contributed by atoms with Crippen molar-refractivity contribution < 1.29 is 13.2 Å². The summed E-state index contributed by atoms with van der Waals surface area (Å²) in [7, 11) is -2.13. The van der Waals surface area contributed by atoms with Crippen molar-refractivity contribution in [3.8, 4) is 17.0 Å². The van der Waals surface area contributed by atoms with Gasteiger partial charge in [-0.2, -0.15) is 0 Å². The number of nitrogens with zero attached hydrogens (tertiary/aromatic N) is 1. The molecule has 0 aliphatic rings. The Morgan fingerprint density at radius 2 is 1.62 bits per heavy atom. The van der Waals surface area contributed by atoms with E-state index in [2.05, 4.69) is 9.71 Å². The molecule has 1 heterocycles. The van der Waals surface area contributed by atoms with Gasteiger partial charge in [-0.15, -0.1) is 0 Å².